The molecule has 0 aromatic rings. The summed E-state index contributed by atoms with van der Waals surface area (Å²) < 4.78 is 0. The van der Waals surface area contributed by atoms with Crippen LogP contribution in [0.3, 0.4) is 0 Å². The van der Waals surface area contributed by atoms with E-state index in [-0.39, 0.29) is 0 Å². The van der Waals surface area contributed by atoms with Gasteiger partial charge in [0.15, 0.2) is 0 Å². The SMILES string of the molecule is CCCCCCN1CCCC12CCNC2. The summed E-state index contributed by atoms with van der Waals surface area (Å²) in [6.45, 7) is 7.49. The van der Waals surface area contributed by atoms with Crippen LogP contribution in [0.2, 0.25) is 0 Å². The first-order valence-corrected chi connectivity index (χ1v) is 6.83. The molecule has 2 heterocycles. The van der Waals surface area contributed by atoms with Gasteiger partial charge in [-0.15, -0.1) is 0 Å². The van der Waals surface area contributed by atoms with Crippen molar-refractivity contribution < 1.29 is 0 Å². The van der Waals surface area contributed by atoms with Crippen LogP contribution < -0.4 is 5.32 Å². The third-order valence-corrected chi connectivity index (χ3v) is 4.24. The molecule has 0 aromatic carbocycles. The Balaban J connectivity index is 1.75. The smallest absolute Gasteiger partial charge is 0.0346 e. The topological polar surface area (TPSA) is 15.3 Å². The summed E-state index contributed by atoms with van der Waals surface area (Å²) in [7, 11) is 0. The van der Waals surface area contributed by atoms with Crippen molar-refractivity contribution in [2.75, 3.05) is 26.2 Å². The van der Waals surface area contributed by atoms with Crippen LogP contribution in [0.15, 0.2) is 0 Å². The molecule has 2 aliphatic rings. The zero-order valence-corrected chi connectivity index (χ0v) is 10.2. The van der Waals surface area contributed by atoms with Crippen LogP contribution in [-0.2, 0) is 0 Å². The molecule has 0 aliphatic carbocycles. The van der Waals surface area contributed by atoms with Crippen LogP contribution in [0.5, 0.6) is 0 Å². The summed E-state index contributed by atoms with van der Waals surface area (Å²) in [4.78, 5) is 2.78. The second kappa shape index (κ2) is 5.31. The minimum atomic E-state index is 0.576. The molecule has 2 saturated heterocycles. The average Bonchev–Trinajstić information content (AvgIpc) is 2.86. The van der Waals surface area contributed by atoms with Crippen molar-refractivity contribution >= 4 is 0 Å². The van der Waals surface area contributed by atoms with E-state index in [1.54, 1.807) is 0 Å². The fraction of sp³-hybridized carbons (Fsp3) is 1.00. The van der Waals surface area contributed by atoms with Crippen LogP contribution in [-0.4, -0.2) is 36.6 Å². The second-order valence-corrected chi connectivity index (χ2v) is 5.30. The third kappa shape index (κ3) is 2.54. The Morgan fingerprint density at radius 2 is 2.13 bits per heavy atom. The molecule has 0 saturated carbocycles. The van der Waals surface area contributed by atoms with Crippen LogP contribution in [0, 0.1) is 0 Å². The highest BCUT2D eigenvalue weighted by Gasteiger charge is 2.42. The lowest BCUT2D eigenvalue weighted by Crippen LogP contribution is -2.45. The van der Waals surface area contributed by atoms with E-state index >= 15 is 0 Å². The first kappa shape index (κ1) is 11.4. The molecule has 2 nitrogen and oxygen atoms in total. The Morgan fingerprint density at radius 3 is 2.87 bits per heavy atom. The van der Waals surface area contributed by atoms with E-state index in [0.717, 1.165) is 0 Å². The van der Waals surface area contributed by atoms with Crippen LogP contribution in [0.25, 0.3) is 0 Å². The molecule has 0 radical (unpaired) electrons. The Hall–Kier alpha value is -0.0800. The van der Waals surface area contributed by atoms with E-state index < -0.39 is 0 Å². The van der Waals surface area contributed by atoms with Crippen molar-refractivity contribution in [1.29, 1.82) is 0 Å². The number of hydrogen-bond donors (Lipinski definition) is 1. The van der Waals surface area contributed by atoms with Crippen molar-refractivity contribution in [2.45, 2.75) is 57.4 Å². The van der Waals surface area contributed by atoms with Gasteiger partial charge >= 0.3 is 0 Å². The van der Waals surface area contributed by atoms with Gasteiger partial charge in [-0.1, -0.05) is 26.2 Å². The fourth-order valence-electron chi connectivity index (χ4n) is 3.29. The Bertz CT molecular complexity index is 179. The number of unbranched alkanes of at least 4 members (excludes halogenated alkanes) is 3. The normalized spacial score (nSPS) is 31.8. The van der Waals surface area contributed by atoms with Gasteiger partial charge in [0.05, 0.1) is 0 Å². The van der Waals surface area contributed by atoms with Crippen molar-refractivity contribution in [3.05, 3.63) is 0 Å². The van der Waals surface area contributed by atoms with E-state index in [9.17, 15) is 0 Å². The lowest BCUT2D eigenvalue weighted by Gasteiger charge is -2.34. The van der Waals surface area contributed by atoms with Crippen molar-refractivity contribution in [3.8, 4) is 0 Å². The minimum Gasteiger partial charge on any atom is -0.315 e. The van der Waals surface area contributed by atoms with Gasteiger partial charge in [0.25, 0.3) is 0 Å². The Labute approximate surface area is 94.4 Å². The molecule has 88 valence electrons. The lowest BCUT2D eigenvalue weighted by molar-refractivity contribution is 0.153. The van der Waals surface area contributed by atoms with Crippen molar-refractivity contribution in [2.24, 2.45) is 0 Å². The molecule has 2 heteroatoms. The maximum absolute atomic E-state index is 3.54. The molecule has 0 aromatic heterocycles. The number of nitrogens with zero attached hydrogens (tertiary/aromatic N) is 1. The van der Waals surface area contributed by atoms with Crippen LogP contribution >= 0.6 is 0 Å². The summed E-state index contributed by atoms with van der Waals surface area (Å²) in [6.07, 6.45) is 9.86. The summed E-state index contributed by atoms with van der Waals surface area (Å²) >= 11 is 0. The monoisotopic (exact) mass is 210 g/mol. The molecule has 1 spiro atoms. The maximum atomic E-state index is 3.54. The number of hydrogen-bond acceptors (Lipinski definition) is 2. The first-order chi connectivity index (χ1) is 7.37. The summed E-state index contributed by atoms with van der Waals surface area (Å²) in [6, 6.07) is 0. The number of likely N-dealkylation sites (tertiary alicyclic amines) is 1. The summed E-state index contributed by atoms with van der Waals surface area (Å²) in [5.41, 5.74) is 0.576. The van der Waals surface area contributed by atoms with Crippen molar-refractivity contribution in [1.82, 2.24) is 10.2 Å². The molecular weight excluding hydrogens is 184 g/mol. The van der Waals surface area contributed by atoms with Gasteiger partial charge in [0, 0.05) is 12.1 Å². The van der Waals surface area contributed by atoms with E-state index in [0.29, 0.717) is 5.54 Å². The van der Waals surface area contributed by atoms with Gasteiger partial charge in [-0.3, -0.25) is 4.90 Å². The number of rotatable bonds is 5. The van der Waals surface area contributed by atoms with Crippen LogP contribution in [0.4, 0.5) is 0 Å². The van der Waals surface area contributed by atoms with E-state index in [1.165, 1.54) is 71.1 Å². The standard InChI is InChI=1S/C13H26N2/c1-2-3-4-5-10-15-11-6-7-13(15)8-9-14-12-13/h14H,2-12H2,1H3. The van der Waals surface area contributed by atoms with Crippen molar-refractivity contribution in [3.63, 3.8) is 0 Å². The minimum absolute atomic E-state index is 0.576. The zero-order chi connectivity index (χ0) is 10.6. The van der Waals surface area contributed by atoms with Gasteiger partial charge in [-0.05, 0) is 45.3 Å². The molecule has 2 aliphatic heterocycles. The van der Waals surface area contributed by atoms with Gasteiger partial charge in [0.2, 0.25) is 0 Å². The fourth-order valence-corrected chi connectivity index (χ4v) is 3.29. The largest absolute Gasteiger partial charge is 0.315 e. The summed E-state index contributed by atoms with van der Waals surface area (Å²) in [5, 5.41) is 3.54. The molecule has 2 rings (SSSR count). The van der Waals surface area contributed by atoms with Crippen LogP contribution in [0.1, 0.15) is 51.9 Å². The molecule has 15 heavy (non-hydrogen) atoms. The van der Waals surface area contributed by atoms with E-state index in [1.807, 2.05) is 0 Å². The third-order valence-electron chi connectivity index (χ3n) is 4.24. The van der Waals surface area contributed by atoms with Gasteiger partial charge in [0.1, 0.15) is 0 Å². The summed E-state index contributed by atoms with van der Waals surface area (Å²) in [5.74, 6) is 0. The lowest BCUT2D eigenvalue weighted by atomic mass is 9.95. The van der Waals surface area contributed by atoms with Gasteiger partial charge in [-0.2, -0.15) is 0 Å². The predicted molar refractivity (Wildman–Crippen MR) is 65.2 cm³/mol. The Kier molecular flexibility index (Phi) is 4.04. The molecule has 1 unspecified atom stereocenters. The Morgan fingerprint density at radius 1 is 1.20 bits per heavy atom. The molecule has 0 bridgehead atoms. The zero-order valence-electron chi connectivity index (χ0n) is 10.2. The molecule has 1 N–H and O–H groups in total. The van der Waals surface area contributed by atoms with E-state index in [4.69, 9.17) is 0 Å². The highest BCUT2D eigenvalue weighted by molar-refractivity contribution is 5.01. The maximum Gasteiger partial charge on any atom is 0.0346 e. The molecule has 1 atom stereocenters. The number of nitrogens with one attached hydrogen (secondary N) is 1. The molecular formula is C13H26N2. The second-order valence-electron chi connectivity index (χ2n) is 5.30. The average molecular weight is 210 g/mol. The quantitative estimate of drug-likeness (QED) is 0.701. The van der Waals surface area contributed by atoms with Gasteiger partial charge < -0.3 is 5.32 Å². The molecule has 0 amide bonds. The predicted octanol–water partition coefficient (Wildman–Crippen LogP) is 2.39. The first-order valence-electron chi connectivity index (χ1n) is 6.83. The highest BCUT2D eigenvalue weighted by atomic mass is 15.3. The molecule has 2 fully saturated rings. The van der Waals surface area contributed by atoms with E-state index in [2.05, 4.69) is 17.1 Å². The van der Waals surface area contributed by atoms with Gasteiger partial charge in [-0.25, -0.2) is 0 Å². The highest BCUT2D eigenvalue weighted by Crippen LogP contribution is 2.34.